The van der Waals surface area contributed by atoms with Crippen molar-refractivity contribution in [3.05, 3.63) is 53.1 Å². The molecule has 2 heterocycles. The quantitative estimate of drug-likeness (QED) is 0.617. The molecule has 1 atom stereocenters. The van der Waals surface area contributed by atoms with Gasteiger partial charge in [-0.05, 0) is 61.1 Å². The number of benzene rings is 2. The van der Waals surface area contributed by atoms with Crippen molar-refractivity contribution < 1.29 is 24.3 Å². The molecular formula is C21H20N2O5. The SMILES string of the molecule is O=C(NO)c1ccc2c(c1)CC[C@]1(CCN(c3ccc4c(c3)OCO4)C1=O)C2. The molecule has 0 aromatic heterocycles. The summed E-state index contributed by atoms with van der Waals surface area (Å²) in [4.78, 5) is 26.9. The zero-order chi connectivity index (χ0) is 19.3. The number of nitrogens with one attached hydrogen (secondary N) is 1. The van der Waals surface area contributed by atoms with Crippen molar-refractivity contribution in [3.8, 4) is 11.5 Å². The molecule has 28 heavy (non-hydrogen) atoms. The molecule has 2 aromatic carbocycles. The highest BCUT2D eigenvalue weighted by Gasteiger charge is 2.48. The second-order valence-corrected chi connectivity index (χ2v) is 7.63. The number of carbonyl (C=O) groups excluding carboxylic acids is 2. The maximum atomic E-state index is 13.4. The largest absolute Gasteiger partial charge is 0.454 e. The summed E-state index contributed by atoms with van der Waals surface area (Å²) in [5.74, 6) is 1.01. The van der Waals surface area contributed by atoms with E-state index in [1.165, 1.54) is 0 Å². The Morgan fingerprint density at radius 2 is 1.93 bits per heavy atom. The Morgan fingerprint density at radius 3 is 2.79 bits per heavy atom. The second-order valence-electron chi connectivity index (χ2n) is 7.63. The topological polar surface area (TPSA) is 88.1 Å². The lowest BCUT2D eigenvalue weighted by atomic mass is 9.70. The number of carbonyl (C=O) groups is 2. The third kappa shape index (κ3) is 2.54. The lowest BCUT2D eigenvalue weighted by Gasteiger charge is -2.33. The summed E-state index contributed by atoms with van der Waals surface area (Å²) in [7, 11) is 0. The lowest BCUT2D eigenvalue weighted by Crippen LogP contribution is -2.38. The fourth-order valence-corrected chi connectivity index (χ4v) is 4.58. The summed E-state index contributed by atoms with van der Waals surface area (Å²) >= 11 is 0. The van der Waals surface area contributed by atoms with Crippen LogP contribution in [0.3, 0.4) is 0 Å². The minimum atomic E-state index is -0.519. The molecule has 0 saturated carbocycles. The smallest absolute Gasteiger partial charge is 0.274 e. The molecule has 7 heteroatoms. The number of ether oxygens (including phenoxy) is 2. The van der Waals surface area contributed by atoms with Crippen LogP contribution in [0, 0.1) is 5.41 Å². The van der Waals surface area contributed by atoms with Crippen molar-refractivity contribution in [2.24, 2.45) is 5.41 Å². The molecule has 5 rings (SSSR count). The van der Waals surface area contributed by atoms with Crippen LogP contribution in [0.2, 0.25) is 0 Å². The van der Waals surface area contributed by atoms with E-state index in [9.17, 15) is 9.59 Å². The standard InChI is InChI=1S/C21H20N2O5/c24-19(22-26)14-1-2-15-11-21(6-5-13(15)9-14)7-8-23(20(21)25)16-3-4-17-18(10-16)28-12-27-17/h1-4,9-10,26H,5-8,11-12H2,(H,22,24)/t21-/m0/s1. The van der Waals surface area contributed by atoms with Crippen LogP contribution < -0.4 is 19.9 Å². The zero-order valence-corrected chi connectivity index (χ0v) is 15.2. The second kappa shape index (κ2) is 6.24. The summed E-state index contributed by atoms with van der Waals surface area (Å²) in [5.41, 5.74) is 4.70. The highest BCUT2D eigenvalue weighted by atomic mass is 16.7. The van der Waals surface area contributed by atoms with E-state index in [0.29, 0.717) is 30.0 Å². The first kappa shape index (κ1) is 17.1. The Morgan fingerprint density at radius 1 is 1.07 bits per heavy atom. The summed E-state index contributed by atoms with van der Waals surface area (Å²) in [6.45, 7) is 0.891. The third-order valence-corrected chi connectivity index (χ3v) is 6.15. The van der Waals surface area contributed by atoms with E-state index < -0.39 is 11.3 Å². The first-order valence-electron chi connectivity index (χ1n) is 9.37. The van der Waals surface area contributed by atoms with Crippen LogP contribution in [0.1, 0.15) is 34.3 Å². The average molecular weight is 380 g/mol. The number of fused-ring (bicyclic) bond motifs is 2. The molecular weight excluding hydrogens is 360 g/mol. The first-order valence-corrected chi connectivity index (χ1v) is 9.37. The van der Waals surface area contributed by atoms with E-state index in [4.69, 9.17) is 14.7 Å². The molecule has 0 radical (unpaired) electrons. The fourth-order valence-electron chi connectivity index (χ4n) is 4.58. The van der Waals surface area contributed by atoms with Gasteiger partial charge in [0.2, 0.25) is 12.7 Å². The van der Waals surface area contributed by atoms with Gasteiger partial charge in [-0.25, -0.2) is 5.48 Å². The minimum absolute atomic E-state index is 0.147. The lowest BCUT2D eigenvalue weighted by molar-refractivity contribution is -0.126. The first-order chi connectivity index (χ1) is 13.6. The van der Waals surface area contributed by atoms with Crippen molar-refractivity contribution >= 4 is 17.5 Å². The number of hydrogen-bond acceptors (Lipinski definition) is 5. The molecule has 2 amide bonds. The predicted octanol–water partition coefficient (Wildman–Crippen LogP) is 2.45. The van der Waals surface area contributed by atoms with E-state index >= 15 is 0 Å². The van der Waals surface area contributed by atoms with Gasteiger partial charge in [0.25, 0.3) is 5.91 Å². The summed E-state index contributed by atoms with van der Waals surface area (Å²) in [6.07, 6.45) is 2.97. The molecule has 2 N–H and O–H groups in total. The third-order valence-electron chi connectivity index (χ3n) is 6.15. The molecule has 1 saturated heterocycles. The number of hydrogen-bond donors (Lipinski definition) is 2. The molecule has 0 bridgehead atoms. The highest BCUT2D eigenvalue weighted by Crippen LogP contribution is 2.46. The number of aryl methyl sites for hydroxylation is 1. The Balaban J connectivity index is 1.40. The molecule has 3 aliphatic rings. The molecule has 1 aliphatic carbocycles. The summed E-state index contributed by atoms with van der Waals surface area (Å²) in [5, 5.41) is 8.82. The highest BCUT2D eigenvalue weighted by molar-refractivity contribution is 6.00. The fraction of sp³-hybridized carbons (Fsp3) is 0.333. The van der Waals surface area contributed by atoms with Crippen LogP contribution in [-0.2, 0) is 17.6 Å². The predicted molar refractivity (Wildman–Crippen MR) is 99.7 cm³/mol. The Bertz CT molecular complexity index is 989. The van der Waals surface area contributed by atoms with Gasteiger partial charge in [0, 0.05) is 23.9 Å². The van der Waals surface area contributed by atoms with Gasteiger partial charge in [-0.1, -0.05) is 6.07 Å². The number of anilines is 1. The molecule has 1 spiro atoms. The van der Waals surface area contributed by atoms with Gasteiger partial charge in [-0.15, -0.1) is 0 Å². The van der Waals surface area contributed by atoms with Gasteiger partial charge >= 0.3 is 0 Å². The molecule has 144 valence electrons. The van der Waals surface area contributed by atoms with Gasteiger partial charge in [0.15, 0.2) is 11.5 Å². The maximum absolute atomic E-state index is 13.4. The zero-order valence-electron chi connectivity index (χ0n) is 15.2. The Hall–Kier alpha value is -3.06. The van der Waals surface area contributed by atoms with E-state index in [1.54, 1.807) is 11.5 Å². The van der Waals surface area contributed by atoms with E-state index in [0.717, 1.165) is 36.1 Å². The Kier molecular flexibility index (Phi) is 3.80. The molecule has 0 unspecified atom stereocenters. The average Bonchev–Trinajstić information content (AvgIpc) is 3.31. The number of nitrogens with zero attached hydrogens (tertiary/aromatic N) is 1. The van der Waals surface area contributed by atoms with Crippen molar-refractivity contribution in [2.75, 3.05) is 18.2 Å². The van der Waals surface area contributed by atoms with Crippen LogP contribution in [0.5, 0.6) is 11.5 Å². The van der Waals surface area contributed by atoms with Crippen LogP contribution >= 0.6 is 0 Å². The van der Waals surface area contributed by atoms with Crippen LogP contribution in [0.4, 0.5) is 5.69 Å². The van der Waals surface area contributed by atoms with Crippen molar-refractivity contribution in [1.29, 1.82) is 0 Å². The van der Waals surface area contributed by atoms with Crippen LogP contribution in [0.25, 0.3) is 0 Å². The van der Waals surface area contributed by atoms with Gasteiger partial charge in [0.05, 0.1) is 5.41 Å². The van der Waals surface area contributed by atoms with Gasteiger partial charge < -0.3 is 14.4 Å². The molecule has 7 nitrogen and oxygen atoms in total. The Labute approximate surface area is 161 Å². The molecule has 2 aromatic rings. The monoisotopic (exact) mass is 380 g/mol. The van der Waals surface area contributed by atoms with Crippen molar-refractivity contribution in [2.45, 2.75) is 25.7 Å². The van der Waals surface area contributed by atoms with E-state index in [1.807, 2.05) is 35.2 Å². The normalized spacial score (nSPS) is 22.5. The summed E-state index contributed by atoms with van der Waals surface area (Å²) in [6, 6.07) is 11.0. The van der Waals surface area contributed by atoms with E-state index in [-0.39, 0.29) is 12.7 Å². The van der Waals surface area contributed by atoms with Crippen LogP contribution in [-0.4, -0.2) is 30.4 Å². The van der Waals surface area contributed by atoms with Crippen molar-refractivity contribution in [3.63, 3.8) is 0 Å². The number of amides is 2. The molecule has 1 fully saturated rings. The van der Waals surface area contributed by atoms with Gasteiger partial charge in [0.1, 0.15) is 0 Å². The maximum Gasteiger partial charge on any atom is 0.274 e. The van der Waals surface area contributed by atoms with Gasteiger partial charge in [-0.2, -0.15) is 0 Å². The summed E-state index contributed by atoms with van der Waals surface area (Å²) < 4.78 is 10.8. The van der Waals surface area contributed by atoms with E-state index in [2.05, 4.69) is 0 Å². The molecule has 2 aliphatic heterocycles. The van der Waals surface area contributed by atoms with Gasteiger partial charge in [-0.3, -0.25) is 14.8 Å². The number of hydroxylamine groups is 1. The minimum Gasteiger partial charge on any atom is -0.454 e. The van der Waals surface area contributed by atoms with Crippen molar-refractivity contribution in [1.82, 2.24) is 5.48 Å². The number of rotatable bonds is 2. The van der Waals surface area contributed by atoms with Crippen LogP contribution in [0.15, 0.2) is 36.4 Å².